The summed E-state index contributed by atoms with van der Waals surface area (Å²) in [4.78, 5) is 28.8. The van der Waals surface area contributed by atoms with Gasteiger partial charge in [0.1, 0.15) is 0 Å². The number of amides is 2. The number of hydrogen-bond acceptors (Lipinski definition) is 4. The lowest BCUT2D eigenvalue weighted by atomic mass is 10.0. The molecule has 0 bridgehead atoms. The van der Waals surface area contributed by atoms with E-state index in [1.165, 1.54) is 4.90 Å². The largest absolute Gasteiger partial charge is 0.431 e. The standard InChI is InChI=1S/C31H26N2O3/c1-23(29-30(34)32(31(35)36-29)22-21-24-11-5-2-6-12-24)25-17-19-28(20-18-25)33(26-13-7-3-8-14-26)27-15-9-4-10-16-27/h2-20,29H,1,21-22H2. The molecule has 4 aromatic rings. The smallest absolute Gasteiger partial charge is 0.417 e. The van der Waals surface area contributed by atoms with Crippen molar-refractivity contribution in [3.63, 3.8) is 0 Å². The summed E-state index contributed by atoms with van der Waals surface area (Å²) in [7, 11) is 0. The van der Waals surface area contributed by atoms with Crippen molar-refractivity contribution in [2.75, 3.05) is 11.4 Å². The predicted molar refractivity (Wildman–Crippen MR) is 142 cm³/mol. The van der Waals surface area contributed by atoms with Gasteiger partial charge in [-0.2, -0.15) is 0 Å². The highest BCUT2D eigenvalue weighted by Gasteiger charge is 2.42. The maximum Gasteiger partial charge on any atom is 0.417 e. The first-order valence-electron chi connectivity index (χ1n) is 11.9. The summed E-state index contributed by atoms with van der Waals surface area (Å²) in [6.45, 7) is 4.37. The van der Waals surface area contributed by atoms with Crippen molar-refractivity contribution in [2.45, 2.75) is 12.5 Å². The number of hydrogen-bond donors (Lipinski definition) is 0. The zero-order valence-corrected chi connectivity index (χ0v) is 19.8. The summed E-state index contributed by atoms with van der Waals surface area (Å²) in [5, 5.41) is 0. The summed E-state index contributed by atoms with van der Waals surface area (Å²) in [6, 6.07) is 37.7. The number of benzene rings is 4. The molecular weight excluding hydrogens is 448 g/mol. The van der Waals surface area contributed by atoms with Crippen LogP contribution in [0.4, 0.5) is 21.9 Å². The minimum absolute atomic E-state index is 0.271. The molecule has 0 spiro atoms. The molecule has 0 radical (unpaired) electrons. The van der Waals surface area contributed by atoms with Crippen LogP contribution in [0.5, 0.6) is 0 Å². The van der Waals surface area contributed by atoms with Gasteiger partial charge in [-0.15, -0.1) is 0 Å². The van der Waals surface area contributed by atoms with Crippen LogP contribution in [0.1, 0.15) is 11.1 Å². The lowest BCUT2D eigenvalue weighted by molar-refractivity contribution is -0.127. The van der Waals surface area contributed by atoms with Crippen molar-refractivity contribution in [1.29, 1.82) is 0 Å². The molecular formula is C31H26N2O3. The number of para-hydroxylation sites is 2. The van der Waals surface area contributed by atoms with Gasteiger partial charge in [-0.05, 0) is 53.9 Å². The molecule has 36 heavy (non-hydrogen) atoms. The van der Waals surface area contributed by atoms with Crippen molar-refractivity contribution in [1.82, 2.24) is 4.90 Å². The Morgan fingerprint density at radius 3 is 1.78 bits per heavy atom. The molecule has 4 aromatic carbocycles. The summed E-state index contributed by atoms with van der Waals surface area (Å²) >= 11 is 0. The summed E-state index contributed by atoms with van der Waals surface area (Å²) in [5.74, 6) is -0.375. The number of ether oxygens (including phenoxy) is 1. The number of rotatable bonds is 8. The van der Waals surface area contributed by atoms with Crippen molar-refractivity contribution < 1.29 is 14.3 Å². The van der Waals surface area contributed by atoms with E-state index in [9.17, 15) is 9.59 Å². The van der Waals surface area contributed by atoms with Gasteiger partial charge in [0.2, 0.25) is 6.10 Å². The van der Waals surface area contributed by atoms with E-state index >= 15 is 0 Å². The molecule has 1 heterocycles. The van der Waals surface area contributed by atoms with E-state index in [2.05, 4.69) is 35.7 Å². The number of imide groups is 1. The Morgan fingerprint density at radius 2 is 1.22 bits per heavy atom. The first kappa shape index (κ1) is 23.1. The van der Waals surface area contributed by atoms with E-state index in [4.69, 9.17) is 4.74 Å². The first-order valence-corrected chi connectivity index (χ1v) is 11.9. The van der Waals surface area contributed by atoms with Gasteiger partial charge in [0, 0.05) is 29.2 Å². The lowest BCUT2D eigenvalue weighted by Gasteiger charge is -2.25. The highest BCUT2D eigenvalue weighted by Crippen LogP contribution is 2.35. The average molecular weight is 475 g/mol. The van der Waals surface area contributed by atoms with Crippen LogP contribution < -0.4 is 4.90 Å². The molecule has 0 aromatic heterocycles. The van der Waals surface area contributed by atoms with E-state index in [-0.39, 0.29) is 12.5 Å². The SMILES string of the molecule is C=C(c1ccc(N(c2ccccc2)c2ccccc2)cc1)C1OC(=O)N(CCc2ccccc2)C1=O. The van der Waals surface area contributed by atoms with Crippen molar-refractivity contribution in [3.8, 4) is 0 Å². The van der Waals surface area contributed by atoms with Crippen LogP contribution in [0.25, 0.3) is 5.57 Å². The summed E-state index contributed by atoms with van der Waals surface area (Å²) in [6.07, 6.45) is -1.07. The predicted octanol–water partition coefficient (Wildman–Crippen LogP) is 6.76. The van der Waals surface area contributed by atoms with Gasteiger partial charge < -0.3 is 9.64 Å². The Labute approximate surface area is 210 Å². The maximum atomic E-state index is 13.0. The highest BCUT2D eigenvalue weighted by molar-refractivity contribution is 6.06. The number of carbonyl (C=O) groups excluding carboxylic acids is 2. The van der Waals surface area contributed by atoms with Gasteiger partial charge >= 0.3 is 6.09 Å². The molecule has 0 aliphatic carbocycles. The molecule has 0 N–H and O–H groups in total. The lowest BCUT2D eigenvalue weighted by Crippen LogP contribution is -2.33. The van der Waals surface area contributed by atoms with E-state index in [0.29, 0.717) is 12.0 Å². The second-order valence-electron chi connectivity index (χ2n) is 8.57. The van der Waals surface area contributed by atoms with Crippen LogP contribution in [-0.4, -0.2) is 29.5 Å². The van der Waals surface area contributed by atoms with Gasteiger partial charge in [0.05, 0.1) is 0 Å². The molecule has 5 heteroatoms. The quantitative estimate of drug-likeness (QED) is 0.283. The normalized spacial score (nSPS) is 15.0. The topological polar surface area (TPSA) is 49.9 Å². The maximum absolute atomic E-state index is 13.0. The molecule has 1 aliphatic heterocycles. The Balaban J connectivity index is 1.33. The Bertz CT molecular complexity index is 1310. The molecule has 5 rings (SSSR count). The number of anilines is 3. The van der Waals surface area contributed by atoms with Gasteiger partial charge in [0.25, 0.3) is 5.91 Å². The molecule has 1 unspecified atom stereocenters. The van der Waals surface area contributed by atoms with Gasteiger partial charge in [-0.1, -0.05) is 85.4 Å². The minimum Gasteiger partial charge on any atom is -0.431 e. The third kappa shape index (κ3) is 4.77. The Kier molecular flexibility index (Phi) is 6.63. The van der Waals surface area contributed by atoms with Crippen LogP contribution in [0, 0.1) is 0 Å². The molecule has 1 aliphatic rings. The van der Waals surface area contributed by atoms with Crippen molar-refractivity contribution >= 4 is 34.6 Å². The number of carbonyl (C=O) groups is 2. The van der Waals surface area contributed by atoms with Crippen molar-refractivity contribution in [3.05, 3.63) is 133 Å². The minimum atomic E-state index is -1.02. The van der Waals surface area contributed by atoms with Gasteiger partial charge in [-0.3, -0.25) is 4.79 Å². The molecule has 1 saturated heterocycles. The molecule has 1 atom stereocenters. The third-order valence-corrected chi connectivity index (χ3v) is 6.24. The summed E-state index contributed by atoms with van der Waals surface area (Å²) in [5.41, 5.74) is 5.29. The zero-order valence-electron chi connectivity index (χ0n) is 19.8. The van der Waals surface area contributed by atoms with Crippen LogP contribution in [0.3, 0.4) is 0 Å². The molecule has 2 amide bonds. The molecule has 0 saturated carbocycles. The molecule has 5 nitrogen and oxygen atoms in total. The van der Waals surface area contributed by atoms with E-state index in [0.717, 1.165) is 28.2 Å². The molecule has 178 valence electrons. The fraction of sp³-hybridized carbons (Fsp3) is 0.0968. The molecule has 1 fully saturated rings. The monoisotopic (exact) mass is 474 g/mol. The third-order valence-electron chi connectivity index (χ3n) is 6.24. The first-order chi connectivity index (χ1) is 17.6. The average Bonchev–Trinajstić information content (AvgIpc) is 3.22. The second kappa shape index (κ2) is 10.3. The van der Waals surface area contributed by atoms with Gasteiger partial charge in [-0.25, -0.2) is 9.69 Å². The Hall–Kier alpha value is -4.64. The van der Waals surface area contributed by atoms with Gasteiger partial charge in [0.15, 0.2) is 0 Å². The Morgan fingerprint density at radius 1 is 0.722 bits per heavy atom. The summed E-state index contributed by atoms with van der Waals surface area (Å²) < 4.78 is 5.43. The fourth-order valence-electron chi connectivity index (χ4n) is 4.33. The second-order valence-corrected chi connectivity index (χ2v) is 8.57. The van der Waals surface area contributed by atoms with Crippen molar-refractivity contribution in [2.24, 2.45) is 0 Å². The van der Waals surface area contributed by atoms with Crippen LogP contribution in [0.15, 0.2) is 122 Å². The van der Waals surface area contributed by atoms with Crippen LogP contribution >= 0.6 is 0 Å². The highest BCUT2D eigenvalue weighted by atomic mass is 16.6. The van der Waals surface area contributed by atoms with E-state index in [1.807, 2.05) is 91.0 Å². The number of nitrogens with zero attached hydrogens (tertiary/aromatic N) is 2. The van der Waals surface area contributed by atoms with Crippen LogP contribution in [0.2, 0.25) is 0 Å². The zero-order chi connectivity index (χ0) is 24.9. The van der Waals surface area contributed by atoms with E-state index in [1.54, 1.807) is 0 Å². The fourth-order valence-corrected chi connectivity index (χ4v) is 4.33. The number of cyclic esters (lactones) is 1. The van der Waals surface area contributed by atoms with E-state index < -0.39 is 12.2 Å². The van der Waals surface area contributed by atoms with Crippen LogP contribution in [-0.2, 0) is 16.0 Å².